The molecule has 1 saturated heterocycles. The van der Waals surface area contributed by atoms with E-state index in [-0.39, 0.29) is 0 Å². The standard InChI is InChI=1S/C22H23N7O2/c1-15-27-20(29-6-8-30-9-7-29)11-21(28-15)31-19-10-16(12-24)2-3-18(19)22-25-13-17(4-5-23)14-26-22/h2-3,10-11,13-14H,4-9,23H2,1H3. The molecule has 31 heavy (non-hydrogen) atoms. The van der Waals surface area contributed by atoms with E-state index >= 15 is 0 Å². The molecule has 1 aromatic carbocycles. The highest BCUT2D eigenvalue weighted by Crippen LogP contribution is 2.33. The summed E-state index contributed by atoms with van der Waals surface area (Å²) >= 11 is 0. The van der Waals surface area contributed by atoms with Crippen LogP contribution < -0.4 is 15.4 Å². The largest absolute Gasteiger partial charge is 0.438 e. The zero-order chi connectivity index (χ0) is 21.6. The van der Waals surface area contributed by atoms with Gasteiger partial charge in [-0.05, 0) is 43.7 Å². The lowest BCUT2D eigenvalue weighted by Crippen LogP contribution is -2.36. The number of rotatable bonds is 6. The molecule has 0 spiro atoms. The summed E-state index contributed by atoms with van der Waals surface area (Å²) in [5.74, 6) is 2.73. The molecule has 1 aliphatic heterocycles. The Hall–Kier alpha value is -3.61. The Bertz CT molecular complexity index is 1090. The lowest BCUT2D eigenvalue weighted by atomic mass is 10.1. The van der Waals surface area contributed by atoms with E-state index in [2.05, 4.69) is 30.9 Å². The predicted molar refractivity (Wildman–Crippen MR) is 115 cm³/mol. The van der Waals surface area contributed by atoms with Crippen LogP contribution in [0.1, 0.15) is 17.0 Å². The fourth-order valence-electron chi connectivity index (χ4n) is 3.30. The van der Waals surface area contributed by atoms with Crippen LogP contribution >= 0.6 is 0 Å². The smallest absolute Gasteiger partial charge is 0.224 e. The van der Waals surface area contributed by atoms with Crippen molar-refractivity contribution < 1.29 is 9.47 Å². The van der Waals surface area contributed by atoms with Crippen LogP contribution in [0.5, 0.6) is 11.6 Å². The highest BCUT2D eigenvalue weighted by atomic mass is 16.5. The highest BCUT2D eigenvalue weighted by molar-refractivity contribution is 5.66. The number of nitriles is 1. The Balaban J connectivity index is 1.67. The number of morpholine rings is 1. The molecule has 9 heteroatoms. The van der Waals surface area contributed by atoms with Crippen molar-refractivity contribution in [2.45, 2.75) is 13.3 Å². The molecule has 0 unspecified atom stereocenters. The SMILES string of the molecule is Cc1nc(Oc2cc(C#N)ccc2-c2ncc(CCN)cn2)cc(N2CCOCC2)n1. The summed E-state index contributed by atoms with van der Waals surface area (Å²) < 4.78 is 11.6. The van der Waals surface area contributed by atoms with Gasteiger partial charge in [-0.3, -0.25) is 0 Å². The van der Waals surface area contributed by atoms with Gasteiger partial charge in [0.05, 0.1) is 30.4 Å². The summed E-state index contributed by atoms with van der Waals surface area (Å²) in [6.45, 7) is 5.19. The maximum absolute atomic E-state index is 9.35. The van der Waals surface area contributed by atoms with Gasteiger partial charge in [-0.15, -0.1) is 0 Å². The number of benzene rings is 1. The molecule has 2 N–H and O–H groups in total. The van der Waals surface area contributed by atoms with E-state index in [1.54, 1.807) is 36.7 Å². The molecule has 2 aromatic heterocycles. The normalized spacial score (nSPS) is 13.6. The Kier molecular flexibility index (Phi) is 6.31. The van der Waals surface area contributed by atoms with E-state index in [1.165, 1.54) is 0 Å². The number of aryl methyl sites for hydroxylation is 1. The Morgan fingerprint density at radius 1 is 1.16 bits per heavy atom. The molecule has 1 fully saturated rings. The quantitative estimate of drug-likeness (QED) is 0.643. The molecular formula is C22H23N7O2. The Labute approximate surface area is 180 Å². The van der Waals surface area contributed by atoms with Gasteiger partial charge in [-0.1, -0.05) is 0 Å². The Morgan fingerprint density at radius 3 is 2.65 bits per heavy atom. The highest BCUT2D eigenvalue weighted by Gasteiger charge is 2.17. The lowest BCUT2D eigenvalue weighted by molar-refractivity contribution is 0.122. The summed E-state index contributed by atoms with van der Waals surface area (Å²) in [4.78, 5) is 20.0. The first kappa shape index (κ1) is 20.7. The van der Waals surface area contributed by atoms with Gasteiger partial charge < -0.3 is 20.1 Å². The van der Waals surface area contributed by atoms with Crippen molar-refractivity contribution in [1.29, 1.82) is 5.26 Å². The van der Waals surface area contributed by atoms with E-state index in [1.807, 2.05) is 6.92 Å². The van der Waals surface area contributed by atoms with E-state index in [4.69, 9.17) is 15.2 Å². The fraction of sp³-hybridized carbons (Fsp3) is 0.318. The van der Waals surface area contributed by atoms with Crippen molar-refractivity contribution in [3.8, 4) is 29.1 Å². The van der Waals surface area contributed by atoms with Crippen LogP contribution in [0.3, 0.4) is 0 Å². The van der Waals surface area contributed by atoms with E-state index in [0.717, 1.165) is 24.5 Å². The lowest BCUT2D eigenvalue weighted by Gasteiger charge is -2.28. The molecule has 0 atom stereocenters. The molecule has 4 rings (SSSR count). The first-order valence-corrected chi connectivity index (χ1v) is 10.1. The minimum Gasteiger partial charge on any atom is -0.438 e. The van der Waals surface area contributed by atoms with Gasteiger partial charge in [0.15, 0.2) is 5.82 Å². The maximum atomic E-state index is 9.35. The van der Waals surface area contributed by atoms with Gasteiger partial charge >= 0.3 is 0 Å². The summed E-state index contributed by atoms with van der Waals surface area (Å²) in [6.07, 6.45) is 4.21. The zero-order valence-electron chi connectivity index (χ0n) is 17.3. The molecule has 158 valence electrons. The third kappa shape index (κ3) is 4.94. The summed E-state index contributed by atoms with van der Waals surface area (Å²) in [5, 5.41) is 9.35. The van der Waals surface area contributed by atoms with Crippen LogP contribution in [-0.4, -0.2) is 52.8 Å². The van der Waals surface area contributed by atoms with E-state index in [9.17, 15) is 5.26 Å². The van der Waals surface area contributed by atoms with Gasteiger partial charge in [0.25, 0.3) is 0 Å². The predicted octanol–water partition coefficient (Wildman–Crippen LogP) is 2.24. The van der Waals surface area contributed by atoms with Crippen molar-refractivity contribution in [3.63, 3.8) is 0 Å². The van der Waals surface area contributed by atoms with Gasteiger partial charge in [0, 0.05) is 31.5 Å². The van der Waals surface area contributed by atoms with E-state index in [0.29, 0.717) is 60.6 Å². The van der Waals surface area contributed by atoms with Gasteiger partial charge in [0.1, 0.15) is 17.4 Å². The zero-order valence-corrected chi connectivity index (χ0v) is 17.3. The molecule has 0 amide bonds. The molecule has 0 aliphatic carbocycles. The van der Waals surface area contributed by atoms with Gasteiger partial charge in [-0.25, -0.2) is 15.0 Å². The fourth-order valence-corrected chi connectivity index (χ4v) is 3.30. The number of hydrogen-bond donors (Lipinski definition) is 1. The van der Waals surface area contributed by atoms with Crippen molar-refractivity contribution in [3.05, 3.63) is 53.6 Å². The summed E-state index contributed by atoms with van der Waals surface area (Å²) in [7, 11) is 0. The molecule has 9 nitrogen and oxygen atoms in total. The van der Waals surface area contributed by atoms with Crippen LogP contribution in [0, 0.1) is 18.3 Å². The van der Waals surface area contributed by atoms with Crippen molar-refractivity contribution in [2.24, 2.45) is 5.73 Å². The molecule has 0 bridgehead atoms. The number of nitrogens with zero attached hydrogens (tertiary/aromatic N) is 6. The number of nitrogens with two attached hydrogens (primary N) is 1. The topological polar surface area (TPSA) is 123 Å². The van der Waals surface area contributed by atoms with Crippen molar-refractivity contribution in [1.82, 2.24) is 19.9 Å². The van der Waals surface area contributed by atoms with Gasteiger partial charge in [0.2, 0.25) is 5.88 Å². The minimum atomic E-state index is 0.394. The second-order valence-electron chi connectivity index (χ2n) is 7.09. The number of anilines is 1. The third-order valence-corrected chi connectivity index (χ3v) is 4.84. The molecule has 1 aliphatic rings. The molecule has 0 saturated carbocycles. The number of aromatic nitrogens is 4. The van der Waals surface area contributed by atoms with Crippen LogP contribution in [0.25, 0.3) is 11.4 Å². The maximum Gasteiger partial charge on any atom is 0.224 e. The van der Waals surface area contributed by atoms with Crippen molar-refractivity contribution >= 4 is 5.82 Å². The first-order valence-electron chi connectivity index (χ1n) is 10.1. The van der Waals surface area contributed by atoms with Crippen molar-refractivity contribution in [2.75, 3.05) is 37.7 Å². The second-order valence-corrected chi connectivity index (χ2v) is 7.09. The monoisotopic (exact) mass is 417 g/mol. The van der Waals surface area contributed by atoms with Crippen LogP contribution in [0.15, 0.2) is 36.7 Å². The average Bonchev–Trinajstić information content (AvgIpc) is 2.80. The van der Waals surface area contributed by atoms with E-state index < -0.39 is 0 Å². The first-order chi connectivity index (χ1) is 15.2. The van der Waals surface area contributed by atoms with Crippen LogP contribution in [-0.2, 0) is 11.2 Å². The molecule has 3 heterocycles. The van der Waals surface area contributed by atoms with Crippen LogP contribution in [0.4, 0.5) is 5.82 Å². The second kappa shape index (κ2) is 9.47. The Morgan fingerprint density at radius 2 is 1.94 bits per heavy atom. The molecule has 0 radical (unpaired) electrons. The number of hydrogen-bond acceptors (Lipinski definition) is 9. The van der Waals surface area contributed by atoms with Gasteiger partial charge in [-0.2, -0.15) is 10.2 Å². The summed E-state index contributed by atoms with van der Waals surface area (Å²) in [5.41, 5.74) is 7.70. The molecular weight excluding hydrogens is 394 g/mol. The summed E-state index contributed by atoms with van der Waals surface area (Å²) in [6, 6.07) is 9.10. The minimum absolute atomic E-state index is 0.394. The molecule has 3 aromatic rings. The third-order valence-electron chi connectivity index (χ3n) is 4.84. The number of ether oxygens (including phenoxy) is 2. The van der Waals surface area contributed by atoms with Crippen LogP contribution in [0.2, 0.25) is 0 Å². The average molecular weight is 417 g/mol.